The quantitative estimate of drug-likeness (QED) is 0.673. The van der Waals surface area contributed by atoms with E-state index in [-0.39, 0.29) is 0 Å². The van der Waals surface area contributed by atoms with Crippen LogP contribution in [0.4, 0.5) is 0 Å². The van der Waals surface area contributed by atoms with E-state index >= 15 is 0 Å². The van der Waals surface area contributed by atoms with E-state index in [0.29, 0.717) is 18.0 Å². The Morgan fingerprint density at radius 1 is 1.05 bits per heavy atom. The highest BCUT2D eigenvalue weighted by molar-refractivity contribution is 9.10. The molecule has 1 aliphatic rings. The highest BCUT2D eigenvalue weighted by atomic mass is 79.9. The summed E-state index contributed by atoms with van der Waals surface area (Å²) in [5.74, 6) is 0.700. The monoisotopic (exact) mass is 407 g/mol. The van der Waals surface area contributed by atoms with Gasteiger partial charge < -0.3 is 5.32 Å². The summed E-state index contributed by atoms with van der Waals surface area (Å²) in [5.41, 5.74) is 2.79. The molecule has 1 aliphatic carbocycles. The molecule has 3 rings (SSSR count). The summed E-state index contributed by atoms with van der Waals surface area (Å²) in [6.45, 7) is 2.24. The van der Waals surface area contributed by atoms with Gasteiger partial charge in [-0.15, -0.1) is 0 Å². The van der Waals surface area contributed by atoms with E-state index in [9.17, 15) is 0 Å². The number of benzene rings is 2. The SMILES string of the molecule is C[C@@H](NC1CC(c2cccc(Br)c2)C1)c1ccccc1Br. The van der Waals surface area contributed by atoms with E-state index < -0.39 is 0 Å². The maximum absolute atomic E-state index is 3.75. The molecule has 2 aromatic rings. The average molecular weight is 409 g/mol. The Kier molecular flexibility index (Phi) is 4.82. The number of hydrogen-bond acceptors (Lipinski definition) is 1. The molecule has 1 N–H and O–H groups in total. The molecule has 3 heteroatoms. The Labute approximate surface area is 143 Å². The molecule has 0 radical (unpaired) electrons. The zero-order chi connectivity index (χ0) is 14.8. The van der Waals surface area contributed by atoms with Gasteiger partial charge in [-0.3, -0.25) is 0 Å². The van der Waals surface area contributed by atoms with Crippen molar-refractivity contribution < 1.29 is 0 Å². The Balaban J connectivity index is 1.56. The van der Waals surface area contributed by atoms with Gasteiger partial charge in [0.05, 0.1) is 0 Å². The molecule has 110 valence electrons. The first-order chi connectivity index (χ1) is 10.1. The van der Waals surface area contributed by atoms with E-state index in [1.54, 1.807) is 0 Å². The molecule has 0 saturated heterocycles. The number of rotatable bonds is 4. The Hall–Kier alpha value is -0.640. The minimum atomic E-state index is 0.383. The average Bonchev–Trinajstić information content (AvgIpc) is 2.42. The van der Waals surface area contributed by atoms with Crippen LogP contribution in [0.25, 0.3) is 0 Å². The second-order valence-corrected chi connectivity index (χ2v) is 7.60. The molecule has 1 atom stereocenters. The van der Waals surface area contributed by atoms with Crippen molar-refractivity contribution in [3.05, 3.63) is 68.6 Å². The van der Waals surface area contributed by atoms with Gasteiger partial charge in [0.25, 0.3) is 0 Å². The van der Waals surface area contributed by atoms with E-state index in [4.69, 9.17) is 0 Å². The minimum absolute atomic E-state index is 0.383. The summed E-state index contributed by atoms with van der Waals surface area (Å²) in [6, 6.07) is 18.2. The van der Waals surface area contributed by atoms with Gasteiger partial charge in [0, 0.05) is 21.0 Å². The lowest BCUT2D eigenvalue weighted by molar-refractivity contribution is 0.270. The molecule has 21 heavy (non-hydrogen) atoms. The van der Waals surface area contributed by atoms with Gasteiger partial charge in [0.15, 0.2) is 0 Å². The third-order valence-electron chi connectivity index (χ3n) is 4.32. The van der Waals surface area contributed by atoms with Crippen molar-refractivity contribution in [3.8, 4) is 0 Å². The molecule has 0 unspecified atom stereocenters. The maximum Gasteiger partial charge on any atom is 0.0305 e. The third kappa shape index (κ3) is 3.58. The second-order valence-electron chi connectivity index (χ2n) is 5.83. The van der Waals surface area contributed by atoms with Crippen LogP contribution >= 0.6 is 31.9 Å². The van der Waals surface area contributed by atoms with E-state index in [0.717, 1.165) is 0 Å². The maximum atomic E-state index is 3.75. The van der Waals surface area contributed by atoms with Crippen LogP contribution < -0.4 is 5.32 Å². The van der Waals surface area contributed by atoms with Gasteiger partial charge in [-0.1, -0.05) is 62.2 Å². The van der Waals surface area contributed by atoms with Crippen LogP contribution in [0, 0.1) is 0 Å². The zero-order valence-corrected chi connectivity index (χ0v) is 15.2. The van der Waals surface area contributed by atoms with E-state index in [2.05, 4.69) is 92.6 Å². The molecule has 0 aromatic heterocycles. The van der Waals surface area contributed by atoms with Crippen molar-refractivity contribution in [2.24, 2.45) is 0 Å². The molecule has 0 aliphatic heterocycles. The number of nitrogens with one attached hydrogen (secondary N) is 1. The first kappa shape index (κ1) is 15.3. The van der Waals surface area contributed by atoms with Crippen LogP contribution in [0.1, 0.15) is 42.9 Å². The summed E-state index contributed by atoms with van der Waals surface area (Å²) in [7, 11) is 0. The predicted octanol–water partition coefficient (Wildman–Crippen LogP) is 5.81. The van der Waals surface area contributed by atoms with E-state index in [1.165, 1.54) is 32.9 Å². The fraction of sp³-hybridized carbons (Fsp3) is 0.333. The number of halogens is 2. The molecule has 0 spiro atoms. The fourth-order valence-electron chi connectivity index (χ4n) is 3.06. The van der Waals surface area contributed by atoms with Crippen LogP contribution in [0.3, 0.4) is 0 Å². The van der Waals surface area contributed by atoms with Crippen molar-refractivity contribution in [2.45, 2.75) is 37.8 Å². The van der Waals surface area contributed by atoms with Crippen LogP contribution in [0.2, 0.25) is 0 Å². The summed E-state index contributed by atoms with van der Waals surface area (Å²) in [6.07, 6.45) is 2.45. The Morgan fingerprint density at radius 2 is 1.81 bits per heavy atom. The van der Waals surface area contributed by atoms with Gasteiger partial charge in [0.1, 0.15) is 0 Å². The molecule has 0 amide bonds. The van der Waals surface area contributed by atoms with Gasteiger partial charge in [-0.25, -0.2) is 0 Å². The highest BCUT2D eigenvalue weighted by Gasteiger charge is 2.31. The van der Waals surface area contributed by atoms with Gasteiger partial charge >= 0.3 is 0 Å². The standard InChI is InChI=1S/C18H19Br2N/c1-12(17-7-2-3-8-18(17)20)21-16-10-14(11-16)13-5-4-6-15(19)9-13/h2-9,12,14,16,21H,10-11H2,1H3/t12-,14?,16?/m1/s1. The summed E-state index contributed by atoms with van der Waals surface area (Å²) in [5, 5.41) is 3.75. The van der Waals surface area contributed by atoms with Crippen molar-refractivity contribution in [1.29, 1.82) is 0 Å². The van der Waals surface area contributed by atoms with E-state index in [1.807, 2.05) is 0 Å². The van der Waals surface area contributed by atoms with Crippen molar-refractivity contribution >= 4 is 31.9 Å². The lowest BCUT2D eigenvalue weighted by atomic mass is 9.75. The molecular formula is C18H19Br2N. The molecule has 0 bridgehead atoms. The minimum Gasteiger partial charge on any atom is -0.307 e. The van der Waals surface area contributed by atoms with Crippen molar-refractivity contribution in [2.75, 3.05) is 0 Å². The lowest BCUT2D eigenvalue weighted by Gasteiger charge is -2.38. The molecule has 0 heterocycles. The zero-order valence-electron chi connectivity index (χ0n) is 12.0. The fourth-order valence-corrected chi connectivity index (χ4v) is 4.10. The smallest absolute Gasteiger partial charge is 0.0305 e. The van der Waals surface area contributed by atoms with Gasteiger partial charge in [-0.2, -0.15) is 0 Å². The Morgan fingerprint density at radius 3 is 2.52 bits per heavy atom. The largest absolute Gasteiger partial charge is 0.307 e. The number of hydrogen-bond donors (Lipinski definition) is 1. The summed E-state index contributed by atoms with van der Waals surface area (Å²) in [4.78, 5) is 0. The summed E-state index contributed by atoms with van der Waals surface area (Å²) >= 11 is 7.19. The highest BCUT2D eigenvalue weighted by Crippen LogP contribution is 2.39. The van der Waals surface area contributed by atoms with Crippen LogP contribution in [0.15, 0.2) is 57.5 Å². The second kappa shape index (κ2) is 6.64. The van der Waals surface area contributed by atoms with Gasteiger partial charge in [-0.05, 0) is 55.0 Å². The molecule has 2 aromatic carbocycles. The van der Waals surface area contributed by atoms with Gasteiger partial charge in [0.2, 0.25) is 0 Å². The van der Waals surface area contributed by atoms with Crippen molar-refractivity contribution in [1.82, 2.24) is 5.32 Å². The topological polar surface area (TPSA) is 12.0 Å². The summed E-state index contributed by atoms with van der Waals surface area (Å²) < 4.78 is 2.37. The lowest BCUT2D eigenvalue weighted by Crippen LogP contribution is -2.41. The molecular weight excluding hydrogens is 390 g/mol. The van der Waals surface area contributed by atoms with Crippen LogP contribution in [-0.2, 0) is 0 Å². The predicted molar refractivity (Wildman–Crippen MR) is 95.6 cm³/mol. The molecule has 1 saturated carbocycles. The van der Waals surface area contributed by atoms with Crippen molar-refractivity contribution in [3.63, 3.8) is 0 Å². The first-order valence-electron chi connectivity index (χ1n) is 7.39. The normalized spacial score (nSPS) is 22.6. The van der Waals surface area contributed by atoms with Crippen LogP contribution in [-0.4, -0.2) is 6.04 Å². The molecule has 1 fully saturated rings. The van der Waals surface area contributed by atoms with Crippen LogP contribution in [0.5, 0.6) is 0 Å². The first-order valence-corrected chi connectivity index (χ1v) is 8.98. The third-order valence-corrected chi connectivity index (χ3v) is 5.53. The molecule has 1 nitrogen and oxygen atoms in total. The Bertz CT molecular complexity index is 620.